The number of carbonyl (C=O) groups excluding carboxylic acids is 1. The first kappa shape index (κ1) is 24.0. The lowest BCUT2D eigenvalue weighted by molar-refractivity contribution is 0.0993. The first-order chi connectivity index (χ1) is 15.4. The summed E-state index contributed by atoms with van der Waals surface area (Å²) in [6, 6.07) is 9.80. The van der Waals surface area contributed by atoms with Gasteiger partial charge in [0.2, 0.25) is 0 Å². The summed E-state index contributed by atoms with van der Waals surface area (Å²) in [5.74, 6) is 0.401. The van der Waals surface area contributed by atoms with Crippen molar-refractivity contribution in [1.82, 2.24) is 4.57 Å². The second-order valence-corrected chi connectivity index (χ2v) is 9.98. The molecule has 32 heavy (non-hydrogen) atoms. The molecule has 3 aromatic rings. The lowest BCUT2D eigenvalue weighted by Crippen LogP contribution is -2.20. The van der Waals surface area contributed by atoms with Gasteiger partial charge in [0.1, 0.15) is 0 Å². The van der Waals surface area contributed by atoms with Crippen LogP contribution in [0.3, 0.4) is 0 Å². The molecule has 0 fully saturated rings. The molecular weight excluding hydrogens is 452 g/mol. The maximum Gasteiger partial charge on any atom is 0.280 e. The Kier molecular flexibility index (Phi) is 7.70. The molecule has 172 valence electrons. The Labute approximate surface area is 191 Å². The van der Waals surface area contributed by atoms with E-state index in [1.807, 2.05) is 23.6 Å². The zero-order valence-corrected chi connectivity index (χ0v) is 20.1. The molecule has 0 aliphatic rings. The number of nitrogens with zero attached hydrogens (tertiary/aromatic N) is 2. The van der Waals surface area contributed by atoms with Crippen LogP contribution in [-0.2, 0) is 21.1 Å². The number of methoxy groups -OCH3 is 2. The number of ether oxygens (including phenoxy) is 3. The highest BCUT2D eigenvalue weighted by Gasteiger charge is 2.21. The molecule has 2 aromatic carbocycles. The van der Waals surface area contributed by atoms with E-state index in [9.17, 15) is 13.2 Å². The molecule has 8 nitrogen and oxygen atoms in total. The highest BCUT2D eigenvalue weighted by Crippen LogP contribution is 2.33. The van der Waals surface area contributed by atoms with E-state index in [0.29, 0.717) is 36.1 Å². The Balaban J connectivity index is 2.19. The van der Waals surface area contributed by atoms with Crippen LogP contribution in [0.1, 0.15) is 24.2 Å². The topological polar surface area (TPSA) is 96.2 Å². The van der Waals surface area contributed by atoms with Gasteiger partial charge in [-0.2, -0.15) is 4.99 Å². The lowest BCUT2D eigenvalue weighted by Gasteiger charge is -2.09. The fraction of sp³-hybridized carbons (Fsp3) is 0.364. The molecule has 0 saturated heterocycles. The van der Waals surface area contributed by atoms with Crippen LogP contribution in [0.4, 0.5) is 0 Å². The van der Waals surface area contributed by atoms with Crippen LogP contribution in [0.25, 0.3) is 10.2 Å². The molecule has 0 aliphatic carbocycles. The zero-order chi connectivity index (χ0) is 23.3. The van der Waals surface area contributed by atoms with Crippen molar-refractivity contribution >= 4 is 37.3 Å². The lowest BCUT2D eigenvalue weighted by atomic mass is 10.2. The summed E-state index contributed by atoms with van der Waals surface area (Å²) >= 11 is 1.31. The van der Waals surface area contributed by atoms with Crippen molar-refractivity contribution in [1.29, 1.82) is 0 Å². The Morgan fingerprint density at radius 1 is 1.09 bits per heavy atom. The number of benzene rings is 2. The Bertz CT molecular complexity index is 1290. The minimum atomic E-state index is -3.57. The number of thiazole rings is 1. The smallest absolute Gasteiger partial charge is 0.280 e. The van der Waals surface area contributed by atoms with Gasteiger partial charge in [0.05, 0.1) is 47.3 Å². The van der Waals surface area contributed by atoms with Crippen molar-refractivity contribution < 1.29 is 27.4 Å². The first-order valence-corrected chi connectivity index (χ1v) is 12.6. The largest absolute Gasteiger partial charge is 0.493 e. The SMILES string of the molecule is CCOCCn1c(=NC(=O)c2ccccc2S(=O)(=O)CC)sc2cc(OC)c(OC)cc21. The van der Waals surface area contributed by atoms with Gasteiger partial charge in [-0.25, -0.2) is 8.42 Å². The summed E-state index contributed by atoms with van der Waals surface area (Å²) < 4.78 is 44.0. The highest BCUT2D eigenvalue weighted by molar-refractivity contribution is 7.91. The zero-order valence-electron chi connectivity index (χ0n) is 18.5. The monoisotopic (exact) mass is 478 g/mol. The third kappa shape index (κ3) is 4.87. The van der Waals surface area contributed by atoms with Crippen molar-refractivity contribution in [3.05, 3.63) is 46.8 Å². The highest BCUT2D eigenvalue weighted by atomic mass is 32.2. The van der Waals surface area contributed by atoms with Crippen molar-refractivity contribution in [3.8, 4) is 11.5 Å². The minimum absolute atomic E-state index is 0.0124. The van der Waals surface area contributed by atoms with E-state index < -0.39 is 15.7 Å². The summed E-state index contributed by atoms with van der Waals surface area (Å²) in [5, 5.41) is 0. The quantitative estimate of drug-likeness (QED) is 0.438. The number of rotatable bonds is 9. The average Bonchev–Trinajstić information content (AvgIpc) is 3.13. The van der Waals surface area contributed by atoms with Gasteiger partial charge < -0.3 is 18.8 Å². The molecule has 1 heterocycles. The second kappa shape index (κ2) is 10.3. The van der Waals surface area contributed by atoms with Crippen LogP contribution in [0.15, 0.2) is 46.3 Å². The molecule has 0 saturated carbocycles. The summed E-state index contributed by atoms with van der Waals surface area (Å²) in [5.41, 5.74) is 0.867. The molecule has 3 rings (SSSR count). The van der Waals surface area contributed by atoms with Gasteiger partial charge in [0.15, 0.2) is 26.1 Å². The number of aromatic nitrogens is 1. The molecular formula is C22H26N2O6S2. The normalized spacial score (nSPS) is 12.3. The van der Waals surface area contributed by atoms with Gasteiger partial charge in [0.25, 0.3) is 5.91 Å². The van der Waals surface area contributed by atoms with Gasteiger partial charge in [-0.3, -0.25) is 4.79 Å². The Hall–Kier alpha value is -2.69. The molecule has 0 N–H and O–H groups in total. The number of sulfone groups is 1. The number of hydrogen-bond donors (Lipinski definition) is 0. The van der Waals surface area contributed by atoms with Gasteiger partial charge in [-0.1, -0.05) is 30.4 Å². The van der Waals surface area contributed by atoms with Crippen LogP contribution in [-0.4, -0.2) is 52.1 Å². The van der Waals surface area contributed by atoms with Crippen LogP contribution in [0, 0.1) is 0 Å². The summed E-state index contributed by atoms with van der Waals surface area (Å²) in [6.07, 6.45) is 0. The Morgan fingerprint density at radius 3 is 2.44 bits per heavy atom. The van der Waals surface area contributed by atoms with E-state index in [1.54, 1.807) is 33.3 Å². The summed E-state index contributed by atoms with van der Waals surface area (Å²) in [6.45, 7) is 4.91. The molecule has 0 spiro atoms. The van der Waals surface area contributed by atoms with Gasteiger partial charge in [-0.15, -0.1) is 0 Å². The van der Waals surface area contributed by atoms with E-state index in [1.165, 1.54) is 23.5 Å². The van der Waals surface area contributed by atoms with E-state index in [-0.39, 0.29) is 16.2 Å². The van der Waals surface area contributed by atoms with E-state index in [0.717, 1.165) is 10.2 Å². The van der Waals surface area contributed by atoms with E-state index >= 15 is 0 Å². The molecule has 0 bridgehead atoms. The molecule has 0 atom stereocenters. The fourth-order valence-electron chi connectivity index (χ4n) is 3.22. The number of fused-ring (bicyclic) bond motifs is 1. The van der Waals surface area contributed by atoms with Crippen LogP contribution < -0.4 is 14.3 Å². The standard InChI is InChI=1S/C22H26N2O6S2/c1-5-30-12-11-24-16-13-17(28-3)18(29-4)14-19(16)31-22(24)23-21(25)15-9-7-8-10-20(15)32(26,27)6-2/h7-10,13-14H,5-6,11-12H2,1-4H3. The molecule has 1 amide bonds. The molecule has 0 unspecified atom stereocenters. The molecule has 10 heteroatoms. The summed E-state index contributed by atoms with van der Waals surface area (Å²) in [4.78, 5) is 17.8. The van der Waals surface area contributed by atoms with Crippen molar-refractivity contribution in [2.45, 2.75) is 25.3 Å². The average molecular weight is 479 g/mol. The third-order valence-electron chi connectivity index (χ3n) is 4.88. The predicted molar refractivity (Wildman–Crippen MR) is 123 cm³/mol. The van der Waals surface area contributed by atoms with Crippen LogP contribution in [0.5, 0.6) is 11.5 Å². The van der Waals surface area contributed by atoms with Crippen molar-refractivity contribution in [2.24, 2.45) is 4.99 Å². The first-order valence-electron chi connectivity index (χ1n) is 10.1. The second-order valence-electron chi connectivity index (χ2n) is 6.72. The van der Waals surface area contributed by atoms with E-state index in [2.05, 4.69) is 4.99 Å². The minimum Gasteiger partial charge on any atom is -0.493 e. The number of hydrogen-bond acceptors (Lipinski definition) is 7. The number of amides is 1. The van der Waals surface area contributed by atoms with E-state index in [4.69, 9.17) is 14.2 Å². The molecule has 1 aromatic heterocycles. The van der Waals surface area contributed by atoms with Crippen molar-refractivity contribution in [2.75, 3.05) is 33.2 Å². The van der Waals surface area contributed by atoms with Crippen LogP contribution in [0.2, 0.25) is 0 Å². The molecule has 0 radical (unpaired) electrons. The van der Waals surface area contributed by atoms with Gasteiger partial charge in [-0.05, 0) is 19.1 Å². The van der Waals surface area contributed by atoms with Crippen LogP contribution >= 0.6 is 11.3 Å². The predicted octanol–water partition coefficient (Wildman–Crippen LogP) is 3.29. The maximum absolute atomic E-state index is 13.1. The van der Waals surface area contributed by atoms with Gasteiger partial charge >= 0.3 is 0 Å². The number of carbonyl (C=O) groups is 1. The molecule has 0 aliphatic heterocycles. The van der Waals surface area contributed by atoms with Crippen molar-refractivity contribution in [3.63, 3.8) is 0 Å². The summed E-state index contributed by atoms with van der Waals surface area (Å²) in [7, 11) is -0.462. The Morgan fingerprint density at radius 2 is 1.78 bits per heavy atom. The third-order valence-corrected chi connectivity index (χ3v) is 7.71. The maximum atomic E-state index is 13.1. The van der Waals surface area contributed by atoms with Gasteiger partial charge in [0, 0.05) is 25.3 Å². The fourth-order valence-corrected chi connectivity index (χ4v) is 5.37.